The fraction of sp³-hybridized carbons (Fsp3) is 0.538. The Labute approximate surface area is 125 Å². The van der Waals surface area contributed by atoms with Gasteiger partial charge in [-0.1, -0.05) is 6.92 Å². The first-order chi connectivity index (χ1) is 9.67. The van der Waals surface area contributed by atoms with Gasteiger partial charge >= 0.3 is 0 Å². The van der Waals surface area contributed by atoms with E-state index in [1.54, 1.807) is 26.0 Å². The van der Waals surface area contributed by atoms with Gasteiger partial charge in [-0.25, -0.2) is 16.8 Å². The smallest absolute Gasteiger partial charge is 0.243 e. The van der Waals surface area contributed by atoms with Crippen LogP contribution in [0.5, 0.6) is 0 Å². The molecule has 0 bridgehead atoms. The van der Waals surface area contributed by atoms with Crippen molar-refractivity contribution in [1.29, 1.82) is 0 Å². The molecule has 0 spiro atoms. The zero-order valence-electron chi connectivity index (χ0n) is 12.1. The lowest BCUT2D eigenvalue weighted by Gasteiger charge is -2.26. The number of rotatable bonds is 4. The molecule has 0 amide bonds. The summed E-state index contributed by atoms with van der Waals surface area (Å²) in [6.45, 7) is 3.64. The zero-order valence-corrected chi connectivity index (χ0v) is 13.7. The zero-order chi connectivity index (χ0) is 15.8. The van der Waals surface area contributed by atoms with Crippen LogP contribution in [0.15, 0.2) is 23.1 Å². The van der Waals surface area contributed by atoms with Crippen LogP contribution in [-0.4, -0.2) is 45.2 Å². The van der Waals surface area contributed by atoms with Gasteiger partial charge in [0, 0.05) is 18.3 Å². The minimum absolute atomic E-state index is 0.0460. The number of nitrogens with two attached hydrogens (primary N) is 1. The number of hydrogen-bond donors (Lipinski definition) is 1. The largest absolute Gasteiger partial charge is 0.399 e. The van der Waals surface area contributed by atoms with Crippen molar-refractivity contribution in [2.45, 2.75) is 31.2 Å². The van der Waals surface area contributed by atoms with E-state index in [1.165, 1.54) is 10.4 Å². The molecule has 118 valence electrons. The maximum atomic E-state index is 12.8. The second kappa shape index (κ2) is 5.58. The summed E-state index contributed by atoms with van der Waals surface area (Å²) in [5.74, 6) is -0.0570. The molecule has 6 nitrogen and oxygen atoms in total. The van der Waals surface area contributed by atoms with Crippen molar-refractivity contribution in [2.75, 3.05) is 23.8 Å². The molecule has 0 radical (unpaired) electrons. The third-order valence-electron chi connectivity index (χ3n) is 3.71. The molecule has 21 heavy (non-hydrogen) atoms. The molecule has 8 heteroatoms. The van der Waals surface area contributed by atoms with Crippen LogP contribution in [0.4, 0.5) is 5.69 Å². The molecule has 1 unspecified atom stereocenters. The van der Waals surface area contributed by atoms with Gasteiger partial charge < -0.3 is 5.73 Å². The van der Waals surface area contributed by atoms with Gasteiger partial charge in [-0.05, 0) is 37.1 Å². The minimum Gasteiger partial charge on any atom is -0.399 e. The van der Waals surface area contributed by atoms with Crippen LogP contribution in [0.25, 0.3) is 0 Å². The summed E-state index contributed by atoms with van der Waals surface area (Å²) >= 11 is 0. The van der Waals surface area contributed by atoms with Crippen molar-refractivity contribution in [3.8, 4) is 0 Å². The predicted molar refractivity (Wildman–Crippen MR) is 82.2 cm³/mol. The van der Waals surface area contributed by atoms with Gasteiger partial charge in [-0.15, -0.1) is 0 Å². The van der Waals surface area contributed by atoms with Gasteiger partial charge in [0.2, 0.25) is 10.0 Å². The lowest BCUT2D eigenvalue weighted by Crippen LogP contribution is -2.41. The number of sulfone groups is 1. The Hall–Kier alpha value is -1.12. The molecule has 2 rings (SSSR count). The number of benzene rings is 1. The number of nitrogens with zero attached hydrogens (tertiary/aromatic N) is 1. The summed E-state index contributed by atoms with van der Waals surface area (Å²) in [7, 11) is -6.85. The molecule has 1 fully saturated rings. The van der Waals surface area contributed by atoms with Crippen LogP contribution in [0.3, 0.4) is 0 Å². The van der Waals surface area contributed by atoms with Crippen LogP contribution >= 0.6 is 0 Å². The van der Waals surface area contributed by atoms with E-state index in [0.717, 1.165) is 0 Å². The second-order valence-electron chi connectivity index (χ2n) is 5.29. The van der Waals surface area contributed by atoms with Crippen LogP contribution < -0.4 is 5.73 Å². The third-order valence-corrected chi connectivity index (χ3v) is 7.65. The first-order valence-electron chi connectivity index (χ1n) is 6.76. The maximum absolute atomic E-state index is 12.8. The molecule has 1 aromatic carbocycles. The predicted octanol–water partition coefficient (Wildman–Crippen LogP) is 0.775. The number of hydrogen-bond acceptors (Lipinski definition) is 5. The van der Waals surface area contributed by atoms with E-state index >= 15 is 0 Å². The van der Waals surface area contributed by atoms with E-state index in [0.29, 0.717) is 17.7 Å². The van der Waals surface area contributed by atoms with Crippen molar-refractivity contribution in [1.82, 2.24) is 4.31 Å². The normalized spacial score (nSPS) is 21.8. The summed E-state index contributed by atoms with van der Waals surface area (Å²) in [5, 5.41) is 0. The van der Waals surface area contributed by atoms with E-state index in [4.69, 9.17) is 5.73 Å². The van der Waals surface area contributed by atoms with Gasteiger partial charge in [0.15, 0.2) is 9.84 Å². The first-order valence-corrected chi connectivity index (χ1v) is 10.0. The summed E-state index contributed by atoms with van der Waals surface area (Å²) in [5.41, 5.74) is 6.71. The minimum atomic E-state index is -3.72. The van der Waals surface area contributed by atoms with Gasteiger partial charge in [-0.3, -0.25) is 0 Å². The molecule has 0 saturated carbocycles. The maximum Gasteiger partial charge on any atom is 0.243 e. The Morgan fingerprint density at radius 3 is 2.52 bits per heavy atom. The quantitative estimate of drug-likeness (QED) is 0.822. The molecule has 2 N–H and O–H groups in total. The SMILES string of the molecule is CCN(C1CCS(=O)(=O)C1)S(=O)(=O)c1ccc(N)cc1C. The number of anilines is 1. The highest BCUT2D eigenvalue weighted by Crippen LogP contribution is 2.27. The van der Waals surface area contributed by atoms with Crippen LogP contribution in [0, 0.1) is 6.92 Å². The van der Waals surface area contributed by atoms with E-state index in [1.807, 2.05) is 0 Å². The van der Waals surface area contributed by atoms with Crippen molar-refractivity contribution < 1.29 is 16.8 Å². The average Bonchev–Trinajstić information content (AvgIpc) is 2.69. The molecule has 1 aliphatic heterocycles. The molecular weight excluding hydrogens is 312 g/mol. The summed E-state index contributed by atoms with van der Waals surface area (Å²) in [6.07, 6.45) is 0.351. The van der Waals surface area contributed by atoms with Crippen molar-refractivity contribution in [3.63, 3.8) is 0 Å². The summed E-state index contributed by atoms with van der Waals surface area (Å²) < 4.78 is 50.1. The van der Waals surface area contributed by atoms with E-state index < -0.39 is 25.9 Å². The summed E-state index contributed by atoms with van der Waals surface area (Å²) in [4.78, 5) is 0.183. The molecule has 1 saturated heterocycles. The van der Waals surface area contributed by atoms with Crippen LogP contribution in [0.2, 0.25) is 0 Å². The Kier molecular flexibility index (Phi) is 4.32. The number of sulfonamides is 1. The number of nitrogen functional groups attached to an aromatic ring is 1. The molecule has 1 atom stereocenters. The average molecular weight is 332 g/mol. The van der Waals surface area contributed by atoms with Gasteiger partial charge in [0.25, 0.3) is 0 Å². The number of aryl methyl sites for hydroxylation is 1. The molecule has 1 heterocycles. The lowest BCUT2D eigenvalue weighted by molar-refractivity contribution is 0.354. The first kappa shape index (κ1) is 16.3. The van der Waals surface area contributed by atoms with Crippen molar-refractivity contribution >= 4 is 25.5 Å². The van der Waals surface area contributed by atoms with Crippen molar-refractivity contribution in [3.05, 3.63) is 23.8 Å². The Morgan fingerprint density at radius 1 is 1.38 bits per heavy atom. The topological polar surface area (TPSA) is 97.5 Å². The fourth-order valence-electron chi connectivity index (χ4n) is 2.72. The summed E-state index contributed by atoms with van der Waals surface area (Å²) in [6, 6.07) is 4.14. The highest BCUT2D eigenvalue weighted by atomic mass is 32.2. The highest BCUT2D eigenvalue weighted by Gasteiger charge is 2.38. The van der Waals surface area contributed by atoms with Crippen LogP contribution in [0.1, 0.15) is 18.9 Å². The molecule has 1 aliphatic rings. The third kappa shape index (κ3) is 3.22. The van der Waals surface area contributed by atoms with Gasteiger partial charge in [0.05, 0.1) is 16.4 Å². The molecule has 1 aromatic rings. The van der Waals surface area contributed by atoms with Gasteiger partial charge in [-0.2, -0.15) is 4.31 Å². The Morgan fingerprint density at radius 2 is 2.05 bits per heavy atom. The van der Waals surface area contributed by atoms with Gasteiger partial charge in [0.1, 0.15) is 0 Å². The van der Waals surface area contributed by atoms with E-state index in [-0.39, 0.29) is 22.9 Å². The highest BCUT2D eigenvalue weighted by molar-refractivity contribution is 7.92. The fourth-order valence-corrected chi connectivity index (χ4v) is 6.41. The second-order valence-corrected chi connectivity index (χ2v) is 9.38. The van der Waals surface area contributed by atoms with E-state index in [2.05, 4.69) is 0 Å². The molecule has 0 aromatic heterocycles. The Balaban J connectivity index is 2.41. The monoisotopic (exact) mass is 332 g/mol. The van der Waals surface area contributed by atoms with E-state index in [9.17, 15) is 16.8 Å². The lowest BCUT2D eigenvalue weighted by atomic mass is 10.2. The van der Waals surface area contributed by atoms with Crippen molar-refractivity contribution in [2.24, 2.45) is 0 Å². The standard InChI is InChI=1S/C13H20N2O4S2/c1-3-15(12-6-7-20(16,17)9-12)21(18,19)13-5-4-11(14)8-10(13)2/h4-5,8,12H,3,6-7,9,14H2,1-2H3. The van der Waals surface area contributed by atoms with Crippen LogP contribution in [-0.2, 0) is 19.9 Å². The molecule has 0 aliphatic carbocycles. The molecular formula is C13H20N2O4S2. The Bertz CT molecular complexity index is 741.